The Kier molecular flexibility index (Phi) is 45.9. The molecular formula is C55H108N2O6P+. The third-order valence-electron chi connectivity index (χ3n) is 12.3. The average Bonchev–Trinajstić information content (AvgIpc) is 3.25. The highest BCUT2D eigenvalue weighted by Crippen LogP contribution is 2.43. The van der Waals surface area contributed by atoms with Gasteiger partial charge in [0.05, 0.1) is 39.9 Å². The largest absolute Gasteiger partial charge is 0.472 e. The summed E-state index contributed by atoms with van der Waals surface area (Å²) in [6.45, 7) is 4.80. The number of rotatable bonds is 50. The van der Waals surface area contributed by atoms with Gasteiger partial charge in [-0.3, -0.25) is 13.8 Å². The van der Waals surface area contributed by atoms with Crippen LogP contribution in [-0.4, -0.2) is 73.4 Å². The number of aliphatic hydroxyl groups excluding tert-OH is 1. The Labute approximate surface area is 397 Å². The van der Waals surface area contributed by atoms with E-state index in [1.165, 1.54) is 186 Å². The van der Waals surface area contributed by atoms with Crippen molar-refractivity contribution in [2.24, 2.45) is 0 Å². The van der Waals surface area contributed by atoms with Crippen molar-refractivity contribution in [1.82, 2.24) is 5.32 Å². The van der Waals surface area contributed by atoms with E-state index >= 15 is 0 Å². The predicted molar refractivity (Wildman–Crippen MR) is 277 cm³/mol. The number of carbonyl (C=O) groups is 1. The molecule has 0 fully saturated rings. The molecule has 0 saturated carbocycles. The van der Waals surface area contributed by atoms with Gasteiger partial charge in [-0.05, 0) is 57.8 Å². The van der Waals surface area contributed by atoms with Crippen LogP contribution in [0.25, 0.3) is 0 Å². The molecule has 378 valence electrons. The summed E-state index contributed by atoms with van der Waals surface area (Å²) in [5.74, 6) is -0.194. The Hall–Kier alpha value is -1.28. The zero-order valence-electron chi connectivity index (χ0n) is 43.0. The second kappa shape index (κ2) is 46.8. The minimum atomic E-state index is -4.35. The van der Waals surface area contributed by atoms with Crippen LogP contribution < -0.4 is 5.32 Å². The molecule has 0 spiro atoms. The smallest absolute Gasteiger partial charge is 0.387 e. The highest BCUT2D eigenvalue weighted by molar-refractivity contribution is 7.47. The molecule has 0 aliphatic heterocycles. The molecule has 3 unspecified atom stereocenters. The topological polar surface area (TPSA) is 105 Å². The Bertz CT molecular complexity index is 1140. The summed E-state index contributed by atoms with van der Waals surface area (Å²) in [5, 5.41) is 13.9. The van der Waals surface area contributed by atoms with E-state index in [0.717, 1.165) is 51.4 Å². The second-order valence-electron chi connectivity index (χ2n) is 19.9. The van der Waals surface area contributed by atoms with Crippen LogP contribution in [0.15, 0.2) is 36.5 Å². The second-order valence-corrected chi connectivity index (χ2v) is 21.4. The van der Waals surface area contributed by atoms with Crippen molar-refractivity contribution < 1.29 is 32.9 Å². The summed E-state index contributed by atoms with van der Waals surface area (Å²) in [7, 11) is 1.55. The Balaban J connectivity index is 4.24. The van der Waals surface area contributed by atoms with Crippen LogP contribution >= 0.6 is 7.82 Å². The average molecular weight is 924 g/mol. The van der Waals surface area contributed by atoms with Crippen molar-refractivity contribution >= 4 is 13.7 Å². The summed E-state index contributed by atoms with van der Waals surface area (Å²) in [4.78, 5) is 23.2. The summed E-state index contributed by atoms with van der Waals surface area (Å²) < 4.78 is 23.6. The number of quaternary nitrogens is 1. The number of amides is 1. The van der Waals surface area contributed by atoms with E-state index in [0.29, 0.717) is 17.4 Å². The number of likely N-dealkylation sites (N-methyl/N-ethyl adjacent to an activating group) is 1. The van der Waals surface area contributed by atoms with E-state index in [9.17, 15) is 19.4 Å². The number of aliphatic hydroxyl groups is 1. The molecule has 1 amide bonds. The van der Waals surface area contributed by atoms with Gasteiger partial charge in [0.25, 0.3) is 0 Å². The molecule has 0 aromatic rings. The normalized spacial score (nSPS) is 14.3. The summed E-state index contributed by atoms with van der Waals surface area (Å²) in [5.41, 5.74) is 0. The molecule has 8 nitrogen and oxygen atoms in total. The zero-order chi connectivity index (χ0) is 47.1. The Morgan fingerprint density at radius 3 is 1.25 bits per heavy atom. The quantitative estimate of drug-likeness (QED) is 0.0243. The molecule has 0 rings (SSSR count). The molecule has 9 heteroatoms. The molecule has 0 radical (unpaired) electrons. The third-order valence-corrected chi connectivity index (χ3v) is 13.3. The van der Waals surface area contributed by atoms with Gasteiger partial charge in [0.15, 0.2) is 0 Å². The van der Waals surface area contributed by atoms with E-state index in [2.05, 4.69) is 43.5 Å². The van der Waals surface area contributed by atoms with Crippen LogP contribution in [0, 0.1) is 0 Å². The lowest BCUT2D eigenvalue weighted by Crippen LogP contribution is -2.45. The van der Waals surface area contributed by atoms with Gasteiger partial charge in [0.2, 0.25) is 5.91 Å². The molecule has 3 atom stereocenters. The molecule has 0 aromatic carbocycles. The Morgan fingerprint density at radius 1 is 0.516 bits per heavy atom. The number of hydrogen-bond donors (Lipinski definition) is 3. The fourth-order valence-electron chi connectivity index (χ4n) is 7.99. The van der Waals surface area contributed by atoms with Crippen molar-refractivity contribution in [3.63, 3.8) is 0 Å². The molecule has 0 heterocycles. The molecule has 0 aromatic heterocycles. The number of hydrogen-bond acceptors (Lipinski definition) is 5. The first-order chi connectivity index (χ1) is 31.0. The van der Waals surface area contributed by atoms with Crippen LogP contribution in [0.2, 0.25) is 0 Å². The number of allylic oxidation sites excluding steroid dienone is 5. The number of phosphoric acid groups is 1. The van der Waals surface area contributed by atoms with Crippen molar-refractivity contribution in [3.05, 3.63) is 36.5 Å². The van der Waals surface area contributed by atoms with Crippen molar-refractivity contribution in [2.75, 3.05) is 40.9 Å². The number of unbranched alkanes of at least 4 members (excludes halogenated alkanes) is 33. The van der Waals surface area contributed by atoms with Crippen LogP contribution in [0.4, 0.5) is 0 Å². The lowest BCUT2D eigenvalue weighted by Gasteiger charge is -2.25. The Morgan fingerprint density at radius 2 is 0.859 bits per heavy atom. The maximum atomic E-state index is 12.9. The first-order valence-corrected chi connectivity index (χ1v) is 28.9. The lowest BCUT2D eigenvalue weighted by molar-refractivity contribution is -0.870. The van der Waals surface area contributed by atoms with Gasteiger partial charge >= 0.3 is 7.82 Å². The number of carbonyl (C=O) groups excluding carboxylic acids is 1. The van der Waals surface area contributed by atoms with Crippen molar-refractivity contribution in [1.29, 1.82) is 0 Å². The van der Waals surface area contributed by atoms with Gasteiger partial charge in [0, 0.05) is 6.42 Å². The van der Waals surface area contributed by atoms with Gasteiger partial charge in [-0.1, -0.05) is 230 Å². The van der Waals surface area contributed by atoms with E-state index in [-0.39, 0.29) is 19.1 Å². The first-order valence-electron chi connectivity index (χ1n) is 27.4. The van der Waals surface area contributed by atoms with Crippen LogP contribution in [0.5, 0.6) is 0 Å². The van der Waals surface area contributed by atoms with Gasteiger partial charge < -0.3 is 19.8 Å². The SMILES string of the molecule is CCCCCCCC/C=C\CCCCCCCC(=O)NC(COP(=O)(O)OCC[N+](C)(C)C)C(O)/C=C/CC/C=C/CCCCCCCCCCCCCCCCCCCCCCC. The van der Waals surface area contributed by atoms with Crippen molar-refractivity contribution in [3.8, 4) is 0 Å². The monoisotopic (exact) mass is 924 g/mol. The number of phosphoric ester groups is 1. The fourth-order valence-corrected chi connectivity index (χ4v) is 8.73. The molecule has 0 saturated heterocycles. The molecular weight excluding hydrogens is 816 g/mol. The fraction of sp³-hybridized carbons (Fsp3) is 0.873. The molecule has 0 aliphatic rings. The van der Waals surface area contributed by atoms with Gasteiger partial charge in [-0.25, -0.2) is 4.57 Å². The first kappa shape index (κ1) is 62.7. The van der Waals surface area contributed by atoms with Crippen molar-refractivity contribution in [2.45, 2.75) is 270 Å². The van der Waals surface area contributed by atoms with Crippen LogP contribution in [0.1, 0.15) is 258 Å². The van der Waals surface area contributed by atoms with E-state index in [1.54, 1.807) is 6.08 Å². The maximum absolute atomic E-state index is 12.9. The van der Waals surface area contributed by atoms with Gasteiger partial charge in [0.1, 0.15) is 13.2 Å². The van der Waals surface area contributed by atoms with Gasteiger partial charge in [-0.15, -0.1) is 0 Å². The van der Waals surface area contributed by atoms with Gasteiger partial charge in [-0.2, -0.15) is 0 Å². The predicted octanol–water partition coefficient (Wildman–Crippen LogP) is 16.2. The number of nitrogens with one attached hydrogen (secondary N) is 1. The lowest BCUT2D eigenvalue weighted by atomic mass is 10.0. The maximum Gasteiger partial charge on any atom is 0.472 e. The van der Waals surface area contributed by atoms with E-state index in [4.69, 9.17) is 9.05 Å². The molecule has 64 heavy (non-hydrogen) atoms. The standard InChI is InChI=1S/C55H107N2O6P/c1-6-8-10-12-14-16-18-20-22-23-24-25-26-27-28-29-30-31-32-33-35-36-38-40-42-44-46-48-54(58)53(52-63-64(60,61)62-51-50-57(3,4)5)56-55(59)49-47-45-43-41-39-37-34-21-19-17-15-13-11-9-7-2/h21,34,38,40,46,48,53-54,58H,6-20,22-33,35-37,39,41-45,47,49-52H2,1-5H3,(H-,56,59,60,61)/p+1/b34-21-,40-38+,48-46+. The highest BCUT2D eigenvalue weighted by atomic mass is 31.2. The van der Waals surface area contributed by atoms with E-state index < -0.39 is 20.0 Å². The summed E-state index contributed by atoms with van der Waals surface area (Å²) in [6, 6.07) is -0.867. The molecule has 0 aliphatic carbocycles. The van der Waals surface area contributed by atoms with E-state index in [1.807, 2.05) is 27.2 Å². The number of nitrogens with zero attached hydrogens (tertiary/aromatic N) is 1. The highest BCUT2D eigenvalue weighted by Gasteiger charge is 2.27. The molecule has 0 bridgehead atoms. The molecule has 3 N–H and O–H groups in total. The minimum Gasteiger partial charge on any atom is -0.387 e. The minimum absolute atomic E-state index is 0.0549. The van der Waals surface area contributed by atoms with Crippen LogP contribution in [0.3, 0.4) is 0 Å². The zero-order valence-corrected chi connectivity index (χ0v) is 43.9. The van der Waals surface area contributed by atoms with Crippen LogP contribution in [-0.2, 0) is 18.4 Å². The summed E-state index contributed by atoms with van der Waals surface area (Å²) >= 11 is 0. The summed E-state index contributed by atoms with van der Waals surface area (Å²) in [6.07, 6.45) is 59.6. The third kappa shape index (κ3) is 48.6.